The number of piperazine rings is 1. The number of carbonyl (C=O) groups excluding carboxylic acids is 1. The standard InChI is InChI=1S/C21H21N3O2/c1-15-8-9-16-4-2-7-19(20(16)22-15)21(26)24-12-10-23(11-13-24)17-5-3-6-18(25)14-17/h2-9,14,25H,10-13H2,1H3. The van der Waals surface area contributed by atoms with Crippen LogP contribution in [0.3, 0.4) is 0 Å². The van der Waals surface area contributed by atoms with E-state index < -0.39 is 0 Å². The van der Waals surface area contributed by atoms with Gasteiger partial charge in [-0.05, 0) is 31.2 Å². The molecule has 5 heteroatoms. The van der Waals surface area contributed by atoms with Crippen molar-refractivity contribution in [2.75, 3.05) is 31.1 Å². The van der Waals surface area contributed by atoms with Gasteiger partial charge >= 0.3 is 0 Å². The van der Waals surface area contributed by atoms with Gasteiger partial charge in [0.1, 0.15) is 5.75 Å². The lowest BCUT2D eigenvalue weighted by Crippen LogP contribution is -2.48. The van der Waals surface area contributed by atoms with Crippen molar-refractivity contribution in [3.63, 3.8) is 0 Å². The molecule has 0 spiro atoms. The SMILES string of the molecule is Cc1ccc2cccc(C(=O)N3CCN(c4cccc(O)c4)CC3)c2n1. The van der Waals surface area contributed by atoms with Gasteiger partial charge in [-0.15, -0.1) is 0 Å². The molecule has 1 saturated heterocycles. The number of fused-ring (bicyclic) bond motifs is 1. The van der Waals surface area contributed by atoms with Crippen LogP contribution in [0.4, 0.5) is 5.69 Å². The predicted molar refractivity (Wildman–Crippen MR) is 103 cm³/mol. The molecule has 0 aliphatic carbocycles. The largest absolute Gasteiger partial charge is 0.508 e. The molecule has 1 aliphatic heterocycles. The Morgan fingerprint density at radius 2 is 1.77 bits per heavy atom. The Morgan fingerprint density at radius 3 is 2.54 bits per heavy atom. The quantitative estimate of drug-likeness (QED) is 0.773. The van der Waals surface area contributed by atoms with E-state index in [1.165, 1.54) is 0 Å². The average molecular weight is 347 g/mol. The molecule has 3 aromatic rings. The third-order valence-corrected chi connectivity index (χ3v) is 4.85. The maximum atomic E-state index is 13.0. The van der Waals surface area contributed by atoms with E-state index in [4.69, 9.17) is 0 Å². The molecule has 132 valence electrons. The van der Waals surface area contributed by atoms with Crippen molar-refractivity contribution in [1.29, 1.82) is 0 Å². The first-order valence-electron chi connectivity index (χ1n) is 8.81. The van der Waals surface area contributed by atoms with Gasteiger partial charge in [-0.25, -0.2) is 0 Å². The number of aryl methyl sites for hydroxylation is 1. The number of para-hydroxylation sites is 1. The van der Waals surface area contributed by atoms with Gasteiger partial charge in [0.2, 0.25) is 0 Å². The highest BCUT2D eigenvalue weighted by Crippen LogP contribution is 2.23. The predicted octanol–water partition coefficient (Wildman–Crippen LogP) is 3.21. The van der Waals surface area contributed by atoms with Crippen molar-refractivity contribution >= 4 is 22.5 Å². The minimum atomic E-state index is 0.0317. The molecule has 2 heterocycles. The number of benzene rings is 2. The van der Waals surface area contributed by atoms with Crippen LogP contribution in [0.2, 0.25) is 0 Å². The first kappa shape index (κ1) is 16.4. The number of pyridine rings is 1. The van der Waals surface area contributed by atoms with Crippen LogP contribution in [0, 0.1) is 6.92 Å². The minimum absolute atomic E-state index is 0.0317. The van der Waals surface area contributed by atoms with E-state index in [0.717, 1.165) is 35.4 Å². The third kappa shape index (κ3) is 3.08. The molecule has 26 heavy (non-hydrogen) atoms. The lowest BCUT2D eigenvalue weighted by atomic mass is 10.1. The van der Waals surface area contributed by atoms with Crippen LogP contribution in [-0.4, -0.2) is 47.1 Å². The minimum Gasteiger partial charge on any atom is -0.508 e. The average Bonchev–Trinajstić information content (AvgIpc) is 2.67. The zero-order valence-electron chi connectivity index (χ0n) is 14.7. The summed E-state index contributed by atoms with van der Waals surface area (Å²) in [6.07, 6.45) is 0. The highest BCUT2D eigenvalue weighted by Gasteiger charge is 2.24. The second-order valence-electron chi connectivity index (χ2n) is 6.63. The number of nitrogens with zero attached hydrogens (tertiary/aromatic N) is 3. The van der Waals surface area contributed by atoms with Gasteiger partial charge in [0.05, 0.1) is 11.1 Å². The van der Waals surface area contributed by atoms with Gasteiger partial charge in [-0.3, -0.25) is 9.78 Å². The number of aromatic nitrogens is 1. The van der Waals surface area contributed by atoms with Gasteiger partial charge < -0.3 is 14.9 Å². The number of carbonyl (C=O) groups is 1. The Balaban J connectivity index is 1.53. The van der Waals surface area contributed by atoms with Crippen LogP contribution in [0.25, 0.3) is 10.9 Å². The van der Waals surface area contributed by atoms with Gasteiger partial charge in [0.15, 0.2) is 0 Å². The summed E-state index contributed by atoms with van der Waals surface area (Å²) in [6, 6.07) is 17.0. The number of amides is 1. The van der Waals surface area contributed by atoms with Crippen molar-refractivity contribution < 1.29 is 9.90 Å². The topological polar surface area (TPSA) is 56.7 Å². The third-order valence-electron chi connectivity index (χ3n) is 4.85. The molecule has 0 bridgehead atoms. The number of phenols is 1. The Kier molecular flexibility index (Phi) is 4.21. The molecule has 1 amide bonds. The summed E-state index contributed by atoms with van der Waals surface area (Å²) in [5, 5.41) is 10.6. The van der Waals surface area contributed by atoms with E-state index in [0.29, 0.717) is 18.7 Å². The Morgan fingerprint density at radius 1 is 1.00 bits per heavy atom. The molecule has 0 unspecified atom stereocenters. The van der Waals surface area contributed by atoms with E-state index in [1.807, 2.05) is 54.3 Å². The molecule has 0 saturated carbocycles. The molecule has 5 nitrogen and oxygen atoms in total. The van der Waals surface area contributed by atoms with Crippen LogP contribution in [0.5, 0.6) is 5.75 Å². The first-order valence-corrected chi connectivity index (χ1v) is 8.81. The van der Waals surface area contributed by atoms with Gasteiger partial charge in [-0.1, -0.05) is 24.3 Å². The van der Waals surface area contributed by atoms with Crippen molar-refractivity contribution in [2.45, 2.75) is 6.92 Å². The Labute approximate surface area is 152 Å². The summed E-state index contributed by atoms with van der Waals surface area (Å²) < 4.78 is 0. The highest BCUT2D eigenvalue weighted by atomic mass is 16.3. The molecule has 0 atom stereocenters. The number of hydrogen-bond donors (Lipinski definition) is 1. The summed E-state index contributed by atoms with van der Waals surface area (Å²) in [5.41, 5.74) is 3.33. The molecule has 1 N–H and O–H groups in total. The number of anilines is 1. The fraction of sp³-hybridized carbons (Fsp3) is 0.238. The smallest absolute Gasteiger partial charge is 0.256 e. The van der Waals surface area contributed by atoms with Crippen LogP contribution < -0.4 is 4.90 Å². The maximum absolute atomic E-state index is 13.0. The molecule has 1 aliphatic rings. The summed E-state index contributed by atoms with van der Waals surface area (Å²) >= 11 is 0. The number of phenolic OH excluding ortho intramolecular Hbond substituents is 1. The lowest BCUT2D eigenvalue weighted by molar-refractivity contribution is 0.0748. The van der Waals surface area contributed by atoms with Crippen molar-refractivity contribution in [2.24, 2.45) is 0 Å². The molecule has 1 fully saturated rings. The summed E-state index contributed by atoms with van der Waals surface area (Å²) in [5.74, 6) is 0.294. The number of aromatic hydroxyl groups is 1. The second kappa shape index (κ2) is 6.67. The highest BCUT2D eigenvalue weighted by molar-refractivity contribution is 6.05. The van der Waals surface area contributed by atoms with Crippen molar-refractivity contribution in [3.8, 4) is 5.75 Å². The monoisotopic (exact) mass is 347 g/mol. The molecule has 0 radical (unpaired) electrons. The van der Waals surface area contributed by atoms with E-state index >= 15 is 0 Å². The fourth-order valence-electron chi connectivity index (χ4n) is 3.45. The zero-order chi connectivity index (χ0) is 18.1. The summed E-state index contributed by atoms with van der Waals surface area (Å²) in [6.45, 7) is 4.72. The summed E-state index contributed by atoms with van der Waals surface area (Å²) in [7, 11) is 0. The molecule has 2 aromatic carbocycles. The van der Waals surface area contributed by atoms with Gasteiger partial charge in [0, 0.05) is 49.0 Å². The lowest BCUT2D eigenvalue weighted by Gasteiger charge is -2.36. The second-order valence-corrected chi connectivity index (χ2v) is 6.63. The maximum Gasteiger partial charge on any atom is 0.256 e. The van der Waals surface area contributed by atoms with Crippen molar-refractivity contribution in [3.05, 3.63) is 65.9 Å². The number of rotatable bonds is 2. The Hall–Kier alpha value is -3.08. The number of hydrogen-bond acceptors (Lipinski definition) is 4. The van der Waals surface area contributed by atoms with E-state index in [2.05, 4.69) is 9.88 Å². The van der Waals surface area contributed by atoms with E-state index in [-0.39, 0.29) is 11.7 Å². The molecule has 4 rings (SSSR count). The normalized spacial score (nSPS) is 14.7. The van der Waals surface area contributed by atoms with Gasteiger partial charge in [-0.2, -0.15) is 0 Å². The molecule has 1 aromatic heterocycles. The molecular weight excluding hydrogens is 326 g/mol. The first-order chi connectivity index (χ1) is 12.6. The Bertz CT molecular complexity index is 962. The summed E-state index contributed by atoms with van der Waals surface area (Å²) in [4.78, 5) is 21.7. The van der Waals surface area contributed by atoms with E-state index in [1.54, 1.807) is 12.1 Å². The van der Waals surface area contributed by atoms with E-state index in [9.17, 15) is 9.90 Å². The fourth-order valence-corrected chi connectivity index (χ4v) is 3.45. The van der Waals surface area contributed by atoms with Crippen LogP contribution >= 0.6 is 0 Å². The van der Waals surface area contributed by atoms with Gasteiger partial charge in [0.25, 0.3) is 5.91 Å². The van der Waals surface area contributed by atoms with Crippen LogP contribution in [0.15, 0.2) is 54.6 Å². The van der Waals surface area contributed by atoms with Crippen molar-refractivity contribution in [1.82, 2.24) is 9.88 Å². The molecular formula is C21H21N3O2. The van der Waals surface area contributed by atoms with Crippen LogP contribution in [0.1, 0.15) is 16.1 Å². The zero-order valence-corrected chi connectivity index (χ0v) is 14.7. The van der Waals surface area contributed by atoms with Crippen LogP contribution in [-0.2, 0) is 0 Å².